The van der Waals surface area contributed by atoms with Crippen LogP contribution in [0.25, 0.3) is 88.4 Å². The molecular weight excluding hydrogens is 1220 g/mol. The van der Waals surface area contributed by atoms with E-state index in [4.69, 9.17) is 0 Å². The average Bonchev–Trinajstić information content (AvgIpc) is 1.59. The van der Waals surface area contributed by atoms with Crippen LogP contribution in [0.3, 0.4) is 0 Å². The minimum Gasteiger partial charge on any atom is -0.311 e. The van der Waals surface area contributed by atoms with Crippen LogP contribution in [0, 0.1) is 13.8 Å². The Bertz CT molecular complexity index is 4880. The second kappa shape index (κ2) is 29.9. The first kappa shape index (κ1) is 69.7. The van der Waals surface area contributed by atoms with Crippen LogP contribution in [-0.2, 0) is 29.1 Å². The van der Waals surface area contributed by atoms with E-state index in [1.165, 1.54) is 256 Å². The third-order valence-electron chi connectivity index (χ3n) is 23.8. The highest BCUT2D eigenvalue weighted by Gasteiger charge is 2.46. The highest BCUT2D eigenvalue weighted by atomic mass is 15.1. The molecule has 12 aromatic rings. The van der Waals surface area contributed by atoms with E-state index in [-0.39, 0.29) is 16.2 Å². The number of hydrogen-bond donors (Lipinski definition) is 0. The highest BCUT2D eigenvalue weighted by molar-refractivity contribution is 6.15. The van der Waals surface area contributed by atoms with Crippen molar-refractivity contribution in [3.63, 3.8) is 0 Å². The van der Waals surface area contributed by atoms with Gasteiger partial charge in [0.15, 0.2) is 0 Å². The quantitative estimate of drug-likeness (QED) is 0.0409. The molecule has 0 fully saturated rings. The molecule has 0 atom stereocenters. The second-order valence-electron chi connectivity index (χ2n) is 32.3. The monoisotopic (exact) mass is 1330 g/mol. The zero-order chi connectivity index (χ0) is 70.0. The van der Waals surface area contributed by atoms with Crippen molar-refractivity contribution in [2.45, 2.75) is 247 Å². The van der Waals surface area contributed by atoms with Gasteiger partial charge in [-0.05, 0) is 209 Å². The molecule has 14 rings (SSSR count). The molecule has 3 nitrogen and oxygen atoms in total. The van der Waals surface area contributed by atoms with Gasteiger partial charge in [-0.1, -0.05) is 304 Å². The van der Waals surface area contributed by atoms with Crippen LogP contribution in [-0.4, -0.2) is 9.13 Å². The topological polar surface area (TPSA) is 13.1 Å². The fourth-order valence-electron chi connectivity index (χ4n) is 18.3. The number of anilines is 3. The van der Waals surface area contributed by atoms with Gasteiger partial charge in [0.25, 0.3) is 0 Å². The minimum absolute atomic E-state index is 0.0613. The molecule has 10 aromatic carbocycles. The normalized spacial score (nSPS) is 13.6. The van der Waals surface area contributed by atoms with Crippen LogP contribution < -0.4 is 4.90 Å². The van der Waals surface area contributed by atoms with Crippen LogP contribution in [0.2, 0.25) is 0 Å². The Morgan fingerprint density at radius 1 is 0.366 bits per heavy atom. The van der Waals surface area contributed by atoms with E-state index in [9.17, 15) is 0 Å². The first-order chi connectivity index (χ1) is 49.2. The van der Waals surface area contributed by atoms with Gasteiger partial charge in [-0.2, -0.15) is 0 Å². The predicted molar refractivity (Wildman–Crippen MR) is 439 cm³/mol. The van der Waals surface area contributed by atoms with E-state index in [0.29, 0.717) is 0 Å². The number of para-hydroxylation sites is 2. The summed E-state index contributed by atoms with van der Waals surface area (Å²) in [5.74, 6) is 0. The molecule has 0 spiro atoms. The summed E-state index contributed by atoms with van der Waals surface area (Å²) in [7, 11) is 0. The molecule has 2 heterocycles. The molecule has 101 heavy (non-hydrogen) atoms. The van der Waals surface area contributed by atoms with Crippen LogP contribution in [0.5, 0.6) is 0 Å². The van der Waals surface area contributed by atoms with Crippen LogP contribution in [0.15, 0.2) is 194 Å². The summed E-state index contributed by atoms with van der Waals surface area (Å²) in [6.07, 6.45) is 29.5. The Morgan fingerprint density at radius 2 is 0.832 bits per heavy atom. The maximum Gasteiger partial charge on any atom is 0.0588 e. The van der Waals surface area contributed by atoms with Gasteiger partial charge >= 0.3 is 0 Å². The summed E-state index contributed by atoms with van der Waals surface area (Å²) in [4.78, 5) is 2.44. The van der Waals surface area contributed by atoms with Crippen molar-refractivity contribution < 1.29 is 0 Å². The number of hydrogen-bond acceptors (Lipinski definition) is 1. The molecular formula is C98H113N3. The van der Waals surface area contributed by atoms with E-state index in [1.807, 2.05) is 0 Å². The number of aryl methyl sites for hydroxylation is 4. The van der Waals surface area contributed by atoms with Gasteiger partial charge in [0.1, 0.15) is 0 Å². The first-order valence-corrected chi connectivity index (χ1v) is 39.8. The number of benzene rings is 10. The Morgan fingerprint density at radius 3 is 1.42 bits per heavy atom. The zero-order valence-corrected chi connectivity index (χ0v) is 63.3. The molecule has 0 unspecified atom stereocenters. The number of nitrogens with zero attached hydrogens (tertiary/aromatic N) is 3. The largest absolute Gasteiger partial charge is 0.311 e. The van der Waals surface area contributed by atoms with Gasteiger partial charge < -0.3 is 14.0 Å². The van der Waals surface area contributed by atoms with Gasteiger partial charge in [-0.3, -0.25) is 0 Å². The van der Waals surface area contributed by atoms with Gasteiger partial charge in [0.05, 0.1) is 22.1 Å². The van der Waals surface area contributed by atoms with E-state index in [0.717, 1.165) is 42.7 Å². The Balaban J connectivity index is 0.978. The summed E-state index contributed by atoms with van der Waals surface area (Å²) in [6, 6.07) is 77.3. The smallest absolute Gasteiger partial charge is 0.0588 e. The molecule has 520 valence electrons. The molecule has 0 N–H and O–H groups in total. The van der Waals surface area contributed by atoms with Gasteiger partial charge in [0.2, 0.25) is 0 Å². The molecule has 2 aliphatic rings. The third kappa shape index (κ3) is 13.2. The summed E-state index contributed by atoms with van der Waals surface area (Å²) in [6.45, 7) is 25.8. The van der Waals surface area contributed by atoms with Crippen molar-refractivity contribution in [3.05, 3.63) is 244 Å². The second-order valence-corrected chi connectivity index (χ2v) is 32.3. The maximum atomic E-state index is 2.80. The lowest BCUT2D eigenvalue weighted by atomic mass is 9.69. The number of aromatic nitrogens is 2. The van der Waals surface area contributed by atoms with Crippen molar-refractivity contribution >= 4 is 60.7 Å². The van der Waals surface area contributed by atoms with E-state index < -0.39 is 0 Å². The molecule has 0 amide bonds. The Hall–Kier alpha value is -8.40. The van der Waals surface area contributed by atoms with Crippen molar-refractivity contribution in [1.82, 2.24) is 9.13 Å². The number of unbranched alkanes of at least 4 members (excludes halogenated alkanes) is 16. The van der Waals surface area contributed by atoms with E-state index >= 15 is 0 Å². The highest BCUT2D eigenvalue weighted by Crippen LogP contribution is 2.59. The van der Waals surface area contributed by atoms with Crippen LogP contribution in [0.1, 0.15) is 254 Å². The zero-order valence-electron chi connectivity index (χ0n) is 63.3. The summed E-state index contributed by atoms with van der Waals surface area (Å²) < 4.78 is 5.47. The van der Waals surface area contributed by atoms with E-state index in [1.54, 1.807) is 11.1 Å². The molecule has 0 radical (unpaired) electrons. The standard InChI is InChI=1S/C98H113N3/c1-12-16-20-24-26-34-62-98(63-35-27-25-21-17-13-2)88-66-71(86-65-72(37-29-23-19-15-4)91(67-70(86)36-28-22-18-14-3)101-90-41-33-31-39-81(90)84-60-58-82-78-56-44-69(6)64-87(78)97(10,11)92(82)94(84)101)45-57-79(88)83-59-61-85-80-38-30-32-40-89(80)100(95(85)93(83)98)77-54-52-76(53-55-77)99(74-48-42-68(5)43-49-74)75-50-46-73(47-51-75)96(7,8)9/h30-33,38-61,64-67H,12-29,34-37,62-63H2,1-11H3. The third-order valence-corrected chi connectivity index (χ3v) is 23.8. The van der Waals surface area contributed by atoms with Crippen LogP contribution >= 0.6 is 0 Å². The van der Waals surface area contributed by atoms with Gasteiger partial charge in [-0.15, -0.1) is 0 Å². The number of rotatable bonds is 30. The van der Waals surface area contributed by atoms with Crippen molar-refractivity contribution in [2.24, 2.45) is 0 Å². The van der Waals surface area contributed by atoms with Gasteiger partial charge in [0, 0.05) is 60.8 Å². The Labute approximate surface area is 606 Å². The average molecular weight is 1330 g/mol. The molecule has 0 aliphatic heterocycles. The fraction of sp³-hybridized carbons (Fsp3) is 0.388. The van der Waals surface area contributed by atoms with E-state index in [2.05, 4.69) is 284 Å². The molecule has 3 heteroatoms. The lowest BCUT2D eigenvalue weighted by molar-refractivity contribution is 0.399. The molecule has 0 bridgehead atoms. The SMILES string of the molecule is CCCCCCCCC1(CCCCCCCC)c2cc(-c3cc(CCCCCC)c(-n4c5ccccc5c5ccc6c(c54)C(C)(C)c4cc(C)ccc4-6)cc3CCCCCC)ccc2-c2ccc3c4ccccc4n(-c4ccc(N(c5ccc(C)cc5)c5ccc(C(C)(C)C)cc5)cc4)c3c21. The first-order valence-electron chi connectivity index (χ1n) is 39.8. The Kier molecular flexibility index (Phi) is 20.6. The van der Waals surface area contributed by atoms with Gasteiger partial charge in [-0.25, -0.2) is 0 Å². The molecule has 0 saturated carbocycles. The summed E-state index contributed by atoms with van der Waals surface area (Å²) in [5.41, 5.74) is 32.6. The summed E-state index contributed by atoms with van der Waals surface area (Å²) >= 11 is 0. The molecule has 2 aromatic heterocycles. The lowest BCUT2D eigenvalue weighted by Crippen LogP contribution is -2.26. The molecule has 0 saturated heterocycles. The maximum absolute atomic E-state index is 2.80. The van der Waals surface area contributed by atoms with Crippen molar-refractivity contribution in [1.29, 1.82) is 0 Å². The fourth-order valence-corrected chi connectivity index (χ4v) is 18.3. The predicted octanol–water partition coefficient (Wildman–Crippen LogP) is 29.3. The van der Waals surface area contributed by atoms with Crippen molar-refractivity contribution in [3.8, 4) is 44.8 Å². The van der Waals surface area contributed by atoms with Crippen LogP contribution in [0.4, 0.5) is 17.1 Å². The minimum atomic E-state index is -0.209. The molecule has 2 aliphatic carbocycles. The van der Waals surface area contributed by atoms with Crippen molar-refractivity contribution in [2.75, 3.05) is 4.90 Å². The summed E-state index contributed by atoms with van der Waals surface area (Å²) in [5, 5.41) is 5.40. The lowest BCUT2D eigenvalue weighted by Gasteiger charge is -2.34. The number of fused-ring (bicyclic) bond motifs is 14.